The van der Waals surface area contributed by atoms with Crippen LogP contribution >= 0.6 is 22.9 Å². The summed E-state index contributed by atoms with van der Waals surface area (Å²) in [4.78, 5) is 1.08. The van der Waals surface area contributed by atoms with Gasteiger partial charge in [-0.15, -0.1) is 11.3 Å². The Morgan fingerprint density at radius 3 is 2.62 bits per heavy atom. The van der Waals surface area contributed by atoms with Crippen molar-refractivity contribution in [1.29, 1.82) is 0 Å². The summed E-state index contributed by atoms with van der Waals surface area (Å²) in [5, 5.41) is 10.3. The molecular formula is C10H11ClOS. The highest BCUT2D eigenvalue weighted by Gasteiger charge is 2.66. The van der Waals surface area contributed by atoms with Gasteiger partial charge in [0, 0.05) is 4.88 Å². The molecule has 1 heterocycles. The second kappa shape index (κ2) is 2.50. The van der Waals surface area contributed by atoms with E-state index in [1.165, 1.54) is 30.6 Å². The predicted molar refractivity (Wildman–Crippen MR) is 54.1 cm³/mol. The maximum absolute atomic E-state index is 10.3. The Kier molecular flexibility index (Phi) is 1.59. The van der Waals surface area contributed by atoms with Crippen molar-refractivity contribution < 1.29 is 5.11 Å². The second-order valence-corrected chi connectivity index (χ2v) is 5.79. The monoisotopic (exact) mass is 214 g/mol. The highest BCUT2D eigenvalue weighted by atomic mass is 35.5. The molecule has 2 fully saturated rings. The standard InChI is InChI=1S/C10H11ClOS/c11-9-5-4-8(13-9)10(12)6-2-1-3-7(6)10/h4-7,12H,1-3H2. The molecule has 1 aromatic rings. The van der Waals surface area contributed by atoms with Crippen molar-refractivity contribution in [2.75, 3.05) is 0 Å². The van der Waals surface area contributed by atoms with Crippen LogP contribution in [0.15, 0.2) is 12.1 Å². The summed E-state index contributed by atoms with van der Waals surface area (Å²) in [5.74, 6) is 1.06. The highest BCUT2D eigenvalue weighted by molar-refractivity contribution is 7.16. The van der Waals surface area contributed by atoms with Crippen molar-refractivity contribution >= 4 is 22.9 Å². The Labute approximate surface area is 86.3 Å². The molecule has 0 bridgehead atoms. The minimum absolute atomic E-state index is 0.490. The van der Waals surface area contributed by atoms with Crippen molar-refractivity contribution in [1.82, 2.24) is 0 Å². The van der Waals surface area contributed by atoms with Crippen LogP contribution in [0.1, 0.15) is 24.1 Å². The molecule has 3 rings (SSSR count). The van der Waals surface area contributed by atoms with Crippen LogP contribution in [0.4, 0.5) is 0 Å². The average Bonchev–Trinajstić information content (AvgIpc) is 2.61. The molecular weight excluding hydrogens is 204 g/mol. The number of rotatable bonds is 1. The zero-order valence-corrected chi connectivity index (χ0v) is 8.74. The van der Waals surface area contributed by atoms with Crippen LogP contribution < -0.4 is 0 Å². The summed E-state index contributed by atoms with van der Waals surface area (Å²) in [5.41, 5.74) is -0.490. The third kappa shape index (κ3) is 0.969. The third-order valence-corrected chi connectivity index (χ3v) is 4.88. The van der Waals surface area contributed by atoms with Crippen LogP contribution in [0.5, 0.6) is 0 Å². The molecule has 2 unspecified atom stereocenters. The summed E-state index contributed by atoms with van der Waals surface area (Å²) in [6, 6.07) is 3.86. The summed E-state index contributed by atoms with van der Waals surface area (Å²) in [7, 11) is 0. The van der Waals surface area contributed by atoms with Gasteiger partial charge in [0.15, 0.2) is 0 Å². The smallest absolute Gasteiger partial charge is 0.105 e. The van der Waals surface area contributed by atoms with Gasteiger partial charge in [-0.25, -0.2) is 0 Å². The SMILES string of the molecule is OC1(c2ccc(Cl)s2)C2CCCC21. The van der Waals surface area contributed by atoms with Gasteiger partial charge in [0.2, 0.25) is 0 Å². The molecule has 0 amide bonds. The first-order chi connectivity index (χ1) is 6.23. The Morgan fingerprint density at radius 2 is 2.08 bits per heavy atom. The number of halogens is 1. The molecule has 0 aromatic carbocycles. The molecule has 0 spiro atoms. The van der Waals surface area contributed by atoms with E-state index in [1.54, 1.807) is 0 Å². The maximum atomic E-state index is 10.3. The lowest BCUT2D eigenvalue weighted by Gasteiger charge is -2.11. The zero-order valence-electron chi connectivity index (χ0n) is 7.16. The van der Waals surface area contributed by atoms with Crippen molar-refractivity contribution in [3.63, 3.8) is 0 Å². The first kappa shape index (κ1) is 8.27. The van der Waals surface area contributed by atoms with Crippen LogP contribution in [0, 0.1) is 11.8 Å². The Bertz CT molecular complexity index is 336. The minimum Gasteiger partial charge on any atom is -0.384 e. The van der Waals surface area contributed by atoms with Gasteiger partial charge in [0.1, 0.15) is 5.60 Å². The molecule has 2 saturated carbocycles. The highest BCUT2D eigenvalue weighted by Crippen LogP contribution is 2.67. The van der Waals surface area contributed by atoms with E-state index in [1.807, 2.05) is 12.1 Å². The quantitative estimate of drug-likeness (QED) is 0.762. The van der Waals surface area contributed by atoms with Crippen molar-refractivity contribution in [2.45, 2.75) is 24.9 Å². The molecule has 0 radical (unpaired) electrons. The molecule has 2 aliphatic carbocycles. The van der Waals surface area contributed by atoms with E-state index in [0.717, 1.165) is 9.21 Å². The number of thiophene rings is 1. The van der Waals surface area contributed by atoms with E-state index < -0.39 is 5.60 Å². The fraction of sp³-hybridized carbons (Fsp3) is 0.600. The molecule has 1 aromatic heterocycles. The van der Waals surface area contributed by atoms with E-state index in [4.69, 9.17) is 11.6 Å². The van der Waals surface area contributed by atoms with Gasteiger partial charge in [0.25, 0.3) is 0 Å². The zero-order chi connectivity index (χ0) is 9.05. The van der Waals surface area contributed by atoms with Crippen LogP contribution in [0.3, 0.4) is 0 Å². The third-order valence-electron chi connectivity index (χ3n) is 3.51. The topological polar surface area (TPSA) is 20.2 Å². The number of aliphatic hydroxyl groups is 1. The summed E-state index contributed by atoms with van der Waals surface area (Å²) < 4.78 is 0.786. The van der Waals surface area contributed by atoms with Gasteiger partial charge < -0.3 is 5.11 Å². The Morgan fingerprint density at radius 1 is 1.38 bits per heavy atom. The Hall–Kier alpha value is -0.0500. The summed E-state index contributed by atoms with van der Waals surface area (Å²) >= 11 is 7.39. The molecule has 2 aliphatic rings. The van der Waals surface area contributed by atoms with Gasteiger partial charge in [-0.05, 0) is 36.8 Å². The lowest BCUT2D eigenvalue weighted by atomic mass is 10.1. The van der Waals surface area contributed by atoms with Crippen molar-refractivity contribution in [2.24, 2.45) is 11.8 Å². The van der Waals surface area contributed by atoms with Crippen LogP contribution in [-0.4, -0.2) is 5.11 Å². The normalized spacial score (nSPS) is 42.0. The van der Waals surface area contributed by atoms with Gasteiger partial charge >= 0.3 is 0 Å². The van der Waals surface area contributed by atoms with E-state index in [2.05, 4.69) is 0 Å². The van der Waals surface area contributed by atoms with Crippen molar-refractivity contribution in [3.05, 3.63) is 21.3 Å². The molecule has 1 N–H and O–H groups in total. The van der Waals surface area contributed by atoms with E-state index in [-0.39, 0.29) is 0 Å². The van der Waals surface area contributed by atoms with E-state index in [9.17, 15) is 5.11 Å². The molecule has 1 nitrogen and oxygen atoms in total. The first-order valence-electron chi connectivity index (χ1n) is 4.71. The first-order valence-corrected chi connectivity index (χ1v) is 5.90. The fourth-order valence-corrected chi connectivity index (χ4v) is 4.08. The molecule has 3 heteroatoms. The van der Waals surface area contributed by atoms with Gasteiger partial charge in [0.05, 0.1) is 4.34 Å². The van der Waals surface area contributed by atoms with Crippen LogP contribution in [0.25, 0.3) is 0 Å². The maximum Gasteiger partial charge on any atom is 0.105 e. The average molecular weight is 215 g/mol. The fourth-order valence-electron chi connectivity index (χ4n) is 2.82. The second-order valence-electron chi connectivity index (χ2n) is 4.07. The molecule has 70 valence electrons. The lowest BCUT2D eigenvalue weighted by molar-refractivity contribution is 0.109. The molecule has 13 heavy (non-hydrogen) atoms. The van der Waals surface area contributed by atoms with Gasteiger partial charge in [-0.2, -0.15) is 0 Å². The van der Waals surface area contributed by atoms with E-state index in [0.29, 0.717) is 11.8 Å². The number of hydrogen-bond acceptors (Lipinski definition) is 2. The van der Waals surface area contributed by atoms with Gasteiger partial charge in [-0.3, -0.25) is 0 Å². The predicted octanol–water partition coefficient (Wildman–Crippen LogP) is 3.02. The summed E-state index contributed by atoms with van der Waals surface area (Å²) in [6.45, 7) is 0. The minimum atomic E-state index is -0.490. The Balaban J connectivity index is 1.95. The largest absolute Gasteiger partial charge is 0.384 e. The molecule has 0 saturated heterocycles. The number of hydrogen-bond donors (Lipinski definition) is 1. The van der Waals surface area contributed by atoms with E-state index >= 15 is 0 Å². The van der Waals surface area contributed by atoms with Crippen molar-refractivity contribution in [3.8, 4) is 0 Å². The lowest BCUT2D eigenvalue weighted by Crippen LogP contribution is -2.10. The van der Waals surface area contributed by atoms with Crippen LogP contribution in [0.2, 0.25) is 4.34 Å². The molecule has 0 aliphatic heterocycles. The van der Waals surface area contributed by atoms with Gasteiger partial charge in [-0.1, -0.05) is 18.0 Å². The molecule has 2 atom stereocenters. The summed E-state index contributed by atoms with van der Waals surface area (Å²) in [6.07, 6.45) is 3.67. The van der Waals surface area contributed by atoms with Crippen LogP contribution in [-0.2, 0) is 5.60 Å². The number of fused-ring (bicyclic) bond motifs is 1.